The first-order valence-electron chi connectivity index (χ1n) is 10.6. The van der Waals surface area contributed by atoms with E-state index in [-0.39, 0.29) is 11.9 Å². The average molecular weight is 356 g/mol. The molecule has 26 heavy (non-hydrogen) atoms. The summed E-state index contributed by atoms with van der Waals surface area (Å²) in [6.07, 6.45) is 10.5. The van der Waals surface area contributed by atoms with Gasteiger partial charge in [0.2, 0.25) is 0 Å². The largest absolute Gasteiger partial charge is 0.494 e. The predicted molar refractivity (Wildman–Crippen MR) is 104 cm³/mol. The van der Waals surface area contributed by atoms with E-state index >= 15 is 0 Å². The summed E-state index contributed by atoms with van der Waals surface area (Å²) in [6.45, 7) is 5.14. The summed E-state index contributed by atoms with van der Waals surface area (Å²) in [4.78, 5) is 12.8. The zero-order chi connectivity index (χ0) is 18.1. The standard InChI is InChI=1S/C23H33NO2/c1-3-4-9-26-21-7-5-20(6-8-21)22(25)24-16(2)23-13-17-10-18(14-23)12-19(11-17)15-23/h5-8,16-19H,3-4,9-15H2,1-2H3,(H,24,25)/t16-,17?,18?,19?,23?/m0/s1. The molecule has 1 N–H and O–H groups in total. The molecule has 4 fully saturated rings. The van der Waals surface area contributed by atoms with Crippen molar-refractivity contribution in [1.82, 2.24) is 5.32 Å². The maximum Gasteiger partial charge on any atom is 0.251 e. The van der Waals surface area contributed by atoms with Crippen LogP contribution in [0.1, 0.15) is 75.6 Å². The van der Waals surface area contributed by atoms with Crippen molar-refractivity contribution >= 4 is 5.91 Å². The van der Waals surface area contributed by atoms with E-state index in [2.05, 4.69) is 19.2 Å². The SMILES string of the molecule is CCCCOc1ccc(C(=O)N[C@@H](C)C23CC4CC(CC(C4)C2)C3)cc1. The van der Waals surface area contributed by atoms with E-state index in [1.165, 1.54) is 38.5 Å². The van der Waals surface area contributed by atoms with Crippen molar-refractivity contribution in [2.75, 3.05) is 6.61 Å². The minimum atomic E-state index is 0.0633. The molecule has 4 aliphatic rings. The summed E-state index contributed by atoms with van der Waals surface area (Å²) in [5, 5.41) is 3.35. The molecule has 1 aromatic rings. The lowest BCUT2D eigenvalue weighted by Crippen LogP contribution is -2.55. The topological polar surface area (TPSA) is 38.3 Å². The van der Waals surface area contributed by atoms with Gasteiger partial charge in [-0.05, 0) is 99.3 Å². The zero-order valence-corrected chi connectivity index (χ0v) is 16.3. The van der Waals surface area contributed by atoms with Crippen LogP contribution in [-0.2, 0) is 0 Å². The lowest BCUT2D eigenvalue weighted by atomic mass is 9.48. The molecule has 4 bridgehead atoms. The van der Waals surface area contributed by atoms with Crippen LogP contribution in [0.15, 0.2) is 24.3 Å². The molecule has 0 unspecified atom stereocenters. The van der Waals surface area contributed by atoms with Crippen molar-refractivity contribution < 1.29 is 9.53 Å². The summed E-state index contributed by atoms with van der Waals surface area (Å²) < 4.78 is 5.70. The van der Waals surface area contributed by atoms with Gasteiger partial charge in [0, 0.05) is 11.6 Å². The average Bonchev–Trinajstić information content (AvgIpc) is 2.61. The first-order chi connectivity index (χ1) is 12.6. The molecule has 0 radical (unpaired) electrons. The van der Waals surface area contributed by atoms with E-state index in [0.29, 0.717) is 5.41 Å². The zero-order valence-electron chi connectivity index (χ0n) is 16.3. The smallest absolute Gasteiger partial charge is 0.251 e. The van der Waals surface area contributed by atoms with Crippen LogP contribution in [0.25, 0.3) is 0 Å². The second-order valence-electron chi connectivity index (χ2n) is 9.20. The van der Waals surface area contributed by atoms with E-state index in [1.54, 1.807) is 0 Å². The van der Waals surface area contributed by atoms with Crippen LogP contribution in [0.3, 0.4) is 0 Å². The number of unbranched alkanes of at least 4 members (excludes halogenated alkanes) is 1. The summed E-state index contributed by atoms with van der Waals surface area (Å²) >= 11 is 0. The maximum absolute atomic E-state index is 12.8. The predicted octanol–water partition coefficient (Wildman–Crippen LogP) is 5.20. The molecular formula is C23H33NO2. The fourth-order valence-electron chi connectivity index (χ4n) is 6.18. The Balaban J connectivity index is 1.37. The molecule has 1 atom stereocenters. The third-order valence-corrected chi connectivity index (χ3v) is 7.23. The molecule has 0 aromatic heterocycles. The second-order valence-corrected chi connectivity index (χ2v) is 9.20. The normalized spacial score (nSPS) is 33.1. The van der Waals surface area contributed by atoms with Gasteiger partial charge in [-0.25, -0.2) is 0 Å². The van der Waals surface area contributed by atoms with Crippen LogP contribution in [0.4, 0.5) is 0 Å². The number of benzene rings is 1. The summed E-state index contributed by atoms with van der Waals surface area (Å²) in [5.41, 5.74) is 1.09. The fraction of sp³-hybridized carbons (Fsp3) is 0.696. The molecule has 142 valence electrons. The van der Waals surface area contributed by atoms with Gasteiger partial charge >= 0.3 is 0 Å². The highest BCUT2D eigenvalue weighted by Gasteiger charge is 2.53. The molecule has 1 amide bonds. The van der Waals surface area contributed by atoms with Crippen LogP contribution in [0.2, 0.25) is 0 Å². The van der Waals surface area contributed by atoms with Gasteiger partial charge in [0.15, 0.2) is 0 Å². The van der Waals surface area contributed by atoms with Crippen LogP contribution in [0.5, 0.6) is 5.75 Å². The highest BCUT2D eigenvalue weighted by molar-refractivity contribution is 5.94. The third-order valence-electron chi connectivity index (χ3n) is 7.23. The monoisotopic (exact) mass is 355 g/mol. The Morgan fingerprint density at radius 2 is 1.69 bits per heavy atom. The van der Waals surface area contributed by atoms with Crippen molar-refractivity contribution in [3.05, 3.63) is 29.8 Å². The Labute approximate surface area is 157 Å². The molecular weight excluding hydrogens is 322 g/mol. The molecule has 0 aliphatic heterocycles. The van der Waals surface area contributed by atoms with Gasteiger partial charge < -0.3 is 10.1 Å². The van der Waals surface area contributed by atoms with Gasteiger partial charge in [-0.15, -0.1) is 0 Å². The van der Waals surface area contributed by atoms with E-state index in [4.69, 9.17) is 4.74 Å². The minimum absolute atomic E-state index is 0.0633. The molecule has 3 heteroatoms. The number of rotatable bonds is 7. The number of carbonyl (C=O) groups excluding carboxylic acids is 1. The number of ether oxygens (including phenoxy) is 1. The molecule has 4 aliphatic carbocycles. The van der Waals surface area contributed by atoms with Crippen molar-refractivity contribution in [3.63, 3.8) is 0 Å². The quantitative estimate of drug-likeness (QED) is 0.683. The number of carbonyl (C=O) groups is 1. The highest BCUT2D eigenvalue weighted by Crippen LogP contribution is 2.61. The first kappa shape index (κ1) is 17.9. The first-order valence-corrected chi connectivity index (χ1v) is 10.6. The van der Waals surface area contributed by atoms with E-state index in [1.807, 2.05) is 24.3 Å². The van der Waals surface area contributed by atoms with Gasteiger partial charge in [-0.2, -0.15) is 0 Å². The van der Waals surface area contributed by atoms with Gasteiger partial charge in [0.1, 0.15) is 5.75 Å². The lowest BCUT2D eigenvalue weighted by molar-refractivity contribution is -0.0688. The molecule has 4 saturated carbocycles. The van der Waals surface area contributed by atoms with Crippen LogP contribution in [0, 0.1) is 23.2 Å². The van der Waals surface area contributed by atoms with Gasteiger partial charge in [-0.1, -0.05) is 13.3 Å². The molecule has 1 aromatic carbocycles. The number of nitrogens with one attached hydrogen (secondary N) is 1. The Morgan fingerprint density at radius 3 is 2.23 bits per heavy atom. The highest BCUT2D eigenvalue weighted by atomic mass is 16.5. The molecule has 0 heterocycles. The molecule has 3 nitrogen and oxygen atoms in total. The van der Waals surface area contributed by atoms with Gasteiger partial charge in [0.05, 0.1) is 6.61 Å². The van der Waals surface area contributed by atoms with Crippen LogP contribution in [-0.4, -0.2) is 18.6 Å². The lowest BCUT2D eigenvalue weighted by Gasteiger charge is -2.59. The van der Waals surface area contributed by atoms with Gasteiger partial charge in [0.25, 0.3) is 5.91 Å². The Hall–Kier alpha value is -1.51. The molecule has 5 rings (SSSR count). The molecule has 0 saturated heterocycles. The van der Waals surface area contributed by atoms with Crippen molar-refractivity contribution in [2.45, 2.75) is 71.3 Å². The van der Waals surface area contributed by atoms with Crippen molar-refractivity contribution in [1.29, 1.82) is 0 Å². The maximum atomic E-state index is 12.8. The van der Waals surface area contributed by atoms with Crippen molar-refractivity contribution in [3.8, 4) is 5.75 Å². The van der Waals surface area contributed by atoms with Crippen LogP contribution >= 0.6 is 0 Å². The second kappa shape index (κ2) is 7.25. The summed E-state index contributed by atoms with van der Waals surface area (Å²) in [6, 6.07) is 7.88. The van der Waals surface area contributed by atoms with Crippen molar-refractivity contribution in [2.24, 2.45) is 23.2 Å². The number of hydrogen-bond acceptors (Lipinski definition) is 2. The van der Waals surface area contributed by atoms with E-state index < -0.39 is 0 Å². The third kappa shape index (κ3) is 3.50. The Kier molecular flexibility index (Phi) is 4.98. The fourth-order valence-corrected chi connectivity index (χ4v) is 6.18. The summed E-state index contributed by atoms with van der Waals surface area (Å²) in [5.74, 6) is 3.66. The van der Waals surface area contributed by atoms with E-state index in [9.17, 15) is 4.79 Å². The van der Waals surface area contributed by atoms with Gasteiger partial charge in [-0.3, -0.25) is 4.79 Å². The number of amides is 1. The Bertz CT molecular complexity index is 601. The number of hydrogen-bond donors (Lipinski definition) is 1. The Morgan fingerprint density at radius 1 is 1.12 bits per heavy atom. The summed E-state index contributed by atoms with van der Waals surface area (Å²) in [7, 11) is 0. The van der Waals surface area contributed by atoms with E-state index in [0.717, 1.165) is 48.5 Å². The molecule has 0 spiro atoms. The minimum Gasteiger partial charge on any atom is -0.494 e. The van der Waals surface area contributed by atoms with Crippen LogP contribution < -0.4 is 10.1 Å².